The molecule has 0 aliphatic heterocycles. The lowest BCUT2D eigenvalue weighted by Gasteiger charge is -2.16. The average Bonchev–Trinajstić information content (AvgIpc) is 2.17. The van der Waals surface area contributed by atoms with Crippen LogP contribution < -0.4 is 4.74 Å². The molecule has 0 aromatic heterocycles. The minimum Gasteiger partial charge on any atom is -0.496 e. The number of hydrogen-bond acceptors (Lipinski definition) is 2. The van der Waals surface area contributed by atoms with Gasteiger partial charge in [0.15, 0.2) is 5.92 Å². The van der Waals surface area contributed by atoms with Gasteiger partial charge >= 0.3 is 6.18 Å². The largest absolute Gasteiger partial charge is 0.496 e. The SMILES string of the molecule is COc1ccc(Cl)cc1C(C#N)C(F)(F)F. The van der Waals surface area contributed by atoms with E-state index in [0.717, 1.165) is 6.07 Å². The van der Waals surface area contributed by atoms with Crippen molar-refractivity contribution in [2.75, 3.05) is 7.11 Å². The summed E-state index contributed by atoms with van der Waals surface area (Å²) in [6, 6.07) is 4.98. The van der Waals surface area contributed by atoms with Gasteiger partial charge in [0.05, 0.1) is 13.2 Å². The van der Waals surface area contributed by atoms with Crippen molar-refractivity contribution in [2.24, 2.45) is 0 Å². The molecule has 86 valence electrons. The highest BCUT2D eigenvalue weighted by Gasteiger charge is 2.42. The summed E-state index contributed by atoms with van der Waals surface area (Å²) in [4.78, 5) is 0. The van der Waals surface area contributed by atoms with Crippen LogP contribution in [0.2, 0.25) is 5.02 Å². The molecular formula is C10H7ClF3NO. The van der Waals surface area contributed by atoms with Gasteiger partial charge in [-0.15, -0.1) is 0 Å². The number of nitrogens with zero attached hydrogens (tertiary/aromatic N) is 1. The Morgan fingerprint density at radius 2 is 2.06 bits per heavy atom. The number of halogens is 4. The van der Waals surface area contributed by atoms with E-state index < -0.39 is 12.1 Å². The molecule has 1 unspecified atom stereocenters. The van der Waals surface area contributed by atoms with Gasteiger partial charge in [0.1, 0.15) is 5.75 Å². The first-order chi connectivity index (χ1) is 7.40. The maximum Gasteiger partial charge on any atom is 0.408 e. The van der Waals surface area contributed by atoms with Gasteiger partial charge in [-0.1, -0.05) is 11.6 Å². The minimum absolute atomic E-state index is 0.00623. The topological polar surface area (TPSA) is 33.0 Å². The van der Waals surface area contributed by atoms with Gasteiger partial charge < -0.3 is 4.74 Å². The third kappa shape index (κ3) is 2.58. The second-order valence-electron chi connectivity index (χ2n) is 2.99. The lowest BCUT2D eigenvalue weighted by molar-refractivity contribution is -0.138. The Kier molecular flexibility index (Phi) is 3.66. The van der Waals surface area contributed by atoms with Crippen LogP contribution in [-0.2, 0) is 0 Å². The van der Waals surface area contributed by atoms with E-state index in [1.54, 1.807) is 0 Å². The quantitative estimate of drug-likeness (QED) is 0.803. The van der Waals surface area contributed by atoms with E-state index in [1.165, 1.54) is 25.3 Å². The van der Waals surface area contributed by atoms with Crippen molar-refractivity contribution in [2.45, 2.75) is 12.1 Å². The molecule has 1 rings (SSSR count). The molecule has 16 heavy (non-hydrogen) atoms. The van der Waals surface area contributed by atoms with Crippen LogP contribution in [0.4, 0.5) is 13.2 Å². The van der Waals surface area contributed by atoms with Crippen LogP contribution in [0.1, 0.15) is 11.5 Å². The molecule has 0 N–H and O–H groups in total. The van der Waals surface area contributed by atoms with E-state index in [-0.39, 0.29) is 16.3 Å². The van der Waals surface area contributed by atoms with Crippen molar-refractivity contribution in [1.29, 1.82) is 5.26 Å². The number of hydrogen-bond donors (Lipinski definition) is 0. The van der Waals surface area contributed by atoms with E-state index in [4.69, 9.17) is 21.6 Å². The van der Waals surface area contributed by atoms with Gasteiger partial charge in [0.2, 0.25) is 0 Å². The molecule has 0 heterocycles. The highest BCUT2D eigenvalue weighted by molar-refractivity contribution is 6.30. The predicted molar refractivity (Wildman–Crippen MR) is 52.4 cm³/mol. The smallest absolute Gasteiger partial charge is 0.408 e. The number of nitriles is 1. The van der Waals surface area contributed by atoms with Gasteiger partial charge in [0.25, 0.3) is 0 Å². The zero-order valence-corrected chi connectivity index (χ0v) is 8.93. The van der Waals surface area contributed by atoms with Crippen molar-refractivity contribution in [3.63, 3.8) is 0 Å². The highest BCUT2D eigenvalue weighted by Crippen LogP contribution is 2.39. The fourth-order valence-electron chi connectivity index (χ4n) is 1.25. The van der Waals surface area contributed by atoms with Crippen molar-refractivity contribution in [3.05, 3.63) is 28.8 Å². The van der Waals surface area contributed by atoms with Gasteiger partial charge in [-0.2, -0.15) is 18.4 Å². The Hall–Kier alpha value is -1.41. The molecule has 2 nitrogen and oxygen atoms in total. The summed E-state index contributed by atoms with van der Waals surface area (Å²) in [5, 5.41) is 8.68. The van der Waals surface area contributed by atoms with Crippen molar-refractivity contribution < 1.29 is 17.9 Å². The first-order valence-electron chi connectivity index (χ1n) is 4.20. The maximum atomic E-state index is 12.5. The van der Waals surface area contributed by atoms with Crippen molar-refractivity contribution in [1.82, 2.24) is 0 Å². The van der Waals surface area contributed by atoms with Crippen LogP contribution >= 0.6 is 11.6 Å². The molecule has 6 heteroatoms. The standard InChI is InChI=1S/C10H7ClF3NO/c1-16-9-3-2-6(11)4-7(9)8(5-15)10(12,13)14/h2-4,8H,1H3. The number of rotatable bonds is 2. The monoisotopic (exact) mass is 249 g/mol. The fourth-order valence-corrected chi connectivity index (χ4v) is 1.43. The van der Waals surface area contributed by atoms with Crippen LogP contribution in [0.3, 0.4) is 0 Å². The summed E-state index contributed by atoms with van der Waals surface area (Å²) in [6.45, 7) is 0. The fraction of sp³-hybridized carbons (Fsp3) is 0.300. The summed E-state index contributed by atoms with van der Waals surface area (Å²) in [5.41, 5.74) is -0.273. The zero-order chi connectivity index (χ0) is 12.3. The molecule has 1 aromatic carbocycles. The van der Waals surface area contributed by atoms with E-state index in [1.807, 2.05) is 0 Å². The molecule has 0 saturated heterocycles. The van der Waals surface area contributed by atoms with Gasteiger partial charge in [-0.25, -0.2) is 0 Å². The van der Waals surface area contributed by atoms with Crippen LogP contribution in [-0.4, -0.2) is 13.3 Å². The molecule has 0 saturated carbocycles. The molecule has 1 atom stereocenters. The summed E-state index contributed by atoms with van der Waals surface area (Å²) >= 11 is 5.59. The number of ether oxygens (including phenoxy) is 1. The second kappa shape index (κ2) is 4.62. The molecule has 0 bridgehead atoms. The van der Waals surface area contributed by atoms with Crippen LogP contribution in [0.25, 0.3) is 0 Å². The Bertz CT molecular complexity index is 425. The maximum absolute atomic E-state index is 12.5. The Morgan fingerprint density at radius 3 is 2.50 bits per heavy atom. The average molecular weight is 250 g/mol. The predicted octanol–water partition coefficient (Wildman–Crippen LogP) is 3.52. The van der Waals surface area contributed by atoms with Gasteiger partial charge in [-0.05, 0) is 18.2 Å². The third-order valence-corrected chi connectivity index (χ3v) is 2.19. The molecule has 0 spiro atoms. The van der Waals surface area contributed by atoms with Crippen molar-refractivity contribution >= 4 is 11.6 Å². The summed E-state index contributed by atoms with van der Waals surface area (Å²) < 4.78 is 42.4. The summed E-state index contributed by atoms with van der Waals surface area (Å²) in [7, 11) is 1.23. The third-order valence-electron chi connectivity index (χ3n) is 1.96. The summed E-state index contributed by atoms with van der Waals surface area (Å²) in [5.74, 6) is -2.24. The molecule has 0 amide bonds. The summed E-state index contributed by atoms with van der Waals surface area (Å²) in [6.07, 6.45) is -4.65. The highest BCUT2D eigenvalue weighted by atomic mass is 35.5. The molecular weight excluding hydrogens is 243 g/mol. The number of methoxy groups -OCH3 is 1. The Labute approximate surface area is 95.2 Å². The lowest BCUT2D eigenvalue weighted by Crippen LogP contribution is -2.19. The molecule has 0 fully saturated rings. The molecule has 0 aliphatic carbocycles. The molecule has 0 aliphatic rings. The van der Waals surface area contributed by atoms with E-state index >= 15 is 0 Å². The van der Waals surface area contributed by atoms with Crippen LogP contribution in [0, 0.1) is 11.3 Å². The van der Waals surface area contributed by atoms with E-state index in [2.05, 4.69) is 0 Å². The van der Waals surface area contributed by atoms with Crippen molar-refractivity contribution in [3.8, 4) is 11.8 Å². The lowest BCUT2D eigenvalue weighted by atomic mass is 9.99. The Balaban J connectivity index is 3.30. The normalized spacial score (nSPS) is 13.0. The van der Waals surface area contributed by atoms with Crippen LogP contribution in [0.15, 0.2) is 18.2 Å². The van der Waals surface area contributed by atoms with Crippen LogP contribution in [0.5, 0.6) is 5.75 Å². The first-order valence-corrected chi connectivity index (χ1v) is 4.57. The van der Waals surface area contributed by atoms with Gasteiger partial charge in [0, 0.05) is 10.6 Å². The zero-order valence-electron chi connectivity index (χ0n) is 8.18. The second-order valence-corrected chi connectivity index (χ2v) is 3.43. The minimum atomic E-state index is -4.65. The van der Waals surface area contributed by atoms with E-state index in [0.29, 0.717) is 0 Å². The van der Waals surface area contributed by atoms with Gasteiger partial charge in [-0.3, -0.25) is 0 Å². The Morgan fingerprint density at radius 1 is 1.44 bits per heavy atom. The number of alkyl halides is 3. The molecule has 1 aromatic rings. The molecule has 0 radical (unpaired) electrons. The van der Waals surface area contributed by atoms with E-state index in [9.17, 15) is 13.2 Å². The number of benzene rings is 1. The first kappa shape index (κ1) is 12.7.